The molecule has 1 aliphatic heterocycles. The molecule has 2 N–H and O–H groups in total. The van der Waals surface area contributed by atoms with Crippen molar-refractivity contribution in [3.8, 4) is 0 Å². The average molecular weight is 204 g/mol. The number of carbonyl (C=O) groups excluding carboxylic acids is 1. The zero-order valence-corrected chi connectivity index (χ0v) is 8.86. The van der Waals surface area contributed by atoms with Crippen molar-refractivity contribution in [2.45, 2.75) is 25.4 Å². The van der Waals surface area contributed by atoms with E-state index in [0.717, 1.165) is 18.5 Å². The van der Waals surface area contributed by atoms with Gasteiger partial charge in [0.05, 0.1) is 0 Å². The van der Waals surface area contributed by atoms with Crippen LogP contribution in [-0.4, -0.2) is 24.5 Å². The zero-order chi connectivity index (χ0) is 10.7. The van der Waals surface area contributed by atoms with E-state index in [1.807, 2.05) is 30.3 Å². The van der Waals surface area contributed by atoms with Crippen LogP contribution < -0.4 is 10.6 Å². The molecule has 1 heterocycles. The summed E-state index contributed by atoms with van der Waals surface area (Å²) in [6.07, 6.45) is 1.01. The summed E-state index contributed by atoms with van der Waals surface area (Å²) in [6.45, 7) is 3.01. The second-order valence-electron chi connectivity index (χ2n) is 4.08. The fraction of sp³-hybridized carbons (Fsp3) is 0.417. The van der Waals surface area contributed by atoms with Crippen LogP contribution in [0.15, 0.2) is 30.3 Å². The fourth-order valence-electron chi connectivity index (χ4n) is 1.91. The molecule has 1 amide bonds. The lowest BCUT2D eigenvalue weighted by Gasteiger charge is -2.11. The van der Waals surface area contributed by atoms with Crippen LogP contribution in [0.25, 0.3) is 0 Å². The molecule has 0 spiro atoms. The first-order valence-corrected chi connectivity index (χ1v) is 5.35. The Morgan fingerprint density at radius 1 is 1.40 bits per heavy atom. The molecule has 0 aliphatic carbocycles. The van der Waals surface area contributed by atoms with Crippen LogP contribution in [0.5, 0.6) is 0 Å². The van der Waals surface area contributed by atoms with Crippen molar-refractivity contribution < 1.29 is 4.79 Å². The molecular formula is C12H16N2O. The highest BCUT2D eigenvalue weighted by Gasteiger charge is 2.22. The van der Waals surface area contributed by atoms with Gasteiger partial charge in [-0.15, -0.1) is 0 Å². The monoisotopic (exact) mass is 204 g/mol. The predicted octanol–water partition coefficient (Wildman–Crippen LogP) is 1.17. The number of amides is 1. The van der Waals surface area contributed by atoms with Gasteiger partial charge in [-0.1, -0.05) is 18.2 Å². The van der Waals surface area contributed by atoms with E-state index in [-0.39, 0.29) is 11.9 Å². The van der Waals surface area contributed by atoms with Gasteiger partial charge in [0.2, 0.25) is 0 Å². The van der Waals surface area contributed by atoms with Gasteiger partial charge in [-0.3, -0.25) is 4.79 Å². The summed E-state index contributed by atoms with van der Waals surface area (Å²) in [5.74, 6) is 0.0245. The first kappa shape index (κ1) is 10.2. The highest BCUT2D eigenvalue weighted by atomic mass is 16.1. The first-order valence-electron chi connectivity index (χ1n) is 5.35. The number of carbonyl (C=O) groups is 1. The number of nitrogens with one attached hydrogen (secondary N) is 2. The van der Waals surface area contributed by atoms with Crippen molar-refractivity contribution in [3.05, 3.63) is 35.9 Å². The zero-order valence-electron chi connectivity index (χ0n) is 8.86. The van der Waals surface area contributed by atoms with Gasteiger partial charge in [-0.25, -0.2) is 0 Å². The van der Waals surface area contributed by atoms with Crippen molar-refractivity contribution >= 4 is 5.91 Å². The average Bonchev–Trinajstić information content (AvgIpc) is 2.65. The number of benzene rings is 1. The Morgan fingerprint density at radius 2 is 2.13 bits per heavy atom. The van der Waals surface area contributed by atoms with Gasteiger partial charge in [0.1, 0.15) is 0 Å². The lowest BCUT2D eigenvalue weighted by atomic mass is 10.1. The molecule has 1 aromatic carbocycles. The summed E-state index contributed by atoms with van der Waals surface area (Å²) in [4.78, 5) is 11.8. The smallest absolute Gasteiger partial charge is 0.251 e. The Kier molecular flexibility index (Phi) is 3.02. The van der Waals surface area contributed by atoms with Crippen LogP contribution in [0.2, 0.25) is 0 Å². The molecule has 15 heavy (non-hydrogen) atoms. The third kappa shape index (κ3) is 2.57. The Labute approximate surface area is 89.9 Å². The quantitative estimate of drug-likeness (QED) is 0.759. The van der Waals surface area contributed by atoms with E-state index in [1.165, 1.54) is 0 Å². The highest BCUT2D eigenvalue weighted by molar-refractivity contribution is 5.94. The van der Waals surface area contributed by atoms with Crippen LogP contribution in [0.4, 0.5) is 0 Å². The minimum Gasteiger partial charge on any atom is -0.348 e. The van der Waals surface area contributed by atoms with E-state index >= 15 is 0 Å². The van der Waals surface area contributed by atoms with Crippen LogP contribution in [0.1, 0.15) is 23.7 Å². The van der Waals surface area contributed by atoms with Crippen molar-refractivity contribution in [1.29, 1.82) is 0 Å². The maximum absolute atomic E-state index is 11.8. The number of hydrogen-bond acceptors (Lipinski definition) is 2. The van der Waals surface area contributed by atoms with Crippen molar-refractivity contribution in [2.75, 3.05) is 6.54 Å². The standard InChI is InChI=1S/C12H16N2O/c1-9-7-11(8-13-9)14-12(15)10-5-3-2-4-6-10/h2-6,9,11,13H,7-8H2,1H3,(H,14,15)/t9-,11+/m1/s1. The third-order valence-corrected chi connectivity index (χ3v) is 2.72. The Morgan fingerprint density at radius 3 is 2.73 bits per heavy atom. The molecule has 0 aromatic heterocycles. The molecule has 1 saturated heterocycles. The van der Waals surface area contributed by atoms with Crippen LogP contribution >= 0.6 is 0 Å². The summed E-state index contributed by atoms with van der Waals surface area (Å²) in [6, 6.07) is 10.1. The highest BCUT2D eigenvalue weighted by Crippen LogP contribution is 2.07. The van der Waals surface area contributed by atoms with Crippen LogP contribution in [-0.2, 0) is 0 Å². The van der Waals surface area contributed by atoms with Gasteiger partial charge in [0.25, 0.3) is 5.91 Å². The molecule has 0 bridgehead atoms. The second-order valence-corrected chi connectivity index (χ2v) is 4.08. The molecular weight excluding hydrogens is 188 g/mol. The minimum atomic E-state index is 0.0245. The van der Waals surface area contributed by atoms with Gasteiger partial charge >= 0.3 is 0 Å². The molecule has 0 unspecified atom stereocenters. The van der Waals surface area contributed by atoms with Crippen LogP contribution in [0, 0.1) is 0 Å². The summed E-state index contributed by atoms with van der Waals surface area (Å²) in [5, 5.41) is 6.34. The van der Waals surface area contributed by atoms with Gasteiger partial charge < -0.3 is 10.6 Å². The molecule has 3 nitrogen and oxygen atoms in total. The topological polar surface area (TPSA) is 41.1 Å². The normalized spacial score (nSPS) is 25.1. The molecule has 3 heteroatoms. The molecule has 80 valence electrons. The van der Waals surface area contributed by atoms with E-state index in [4.69, 9.17) is 0 Å². The summed E-state index contributed by atoms with van der Waals surface area (Å²) in [7, 11) is 0. The Bertz CT molecular complexity index is 337. The van der Waals surface area contributed by atoms with Gasteiger partial charge in [0.15, 0.2) is 0 Å². The van der Waals surface area contributed by atoms with E-state index in [0.29, 0.717) is 6.04 Å². The fourth-order valence-corrected chi connectivity index (χ4v) is 1.91. The van der Waals surface area contributed by atoms with E-state index < -0.39 is 0 Å². The lowest BCUT2D eigenvalue weighted by Crippen LogP contribution is -2.36. The number of rotatable bonds is 2. The van der Waals surface area contributed by atoms with E-state index in [9.17, 15) is 4.79 Å². The molecule has 2 atom stereocenters. The third-order valence-electron chi connectivity index (χ3n) is 2.72. The Balaban J connectivity index is 1.93. The molecule has 1 fully saturated rings. The molecule has 0 saturated carbocycles. The lowest BCUT2D eigenvalue weighted by molar-refractivity contribution is 0.0940. The molecule has 2 rings (SSSR count). The van der Waals surface area contributed by atoms with Crippen molar-refractivity contribution in [3.63, 3.8) is 0 Å². The van der Waals surface area contributed by atoms with Gasteiger partial charge in [0, 0.05) is 24.2 Å². The molecule has 0 radical (unpaired) electrons. The van der Waals surface area contributed by atoms with Crippen molar-refractivity contribution in [2.24, 2.45) is 0 Å². The maximum Gasteiger partial charge on any atom is 0.251 e. The van der Waals surface area contributed by atoms with Crippen molar-refractivity contribution in [1.82, 2.24) is 10.6 Å². The van der Waals surface area contributed by atoms with Gasteiger partial charge in [-0.2, -0.15) is 0 Å². The summed E-state index contributed by atoms with van der Waals surface area (Å²) < 4.78 is 0. The first-order chi connectivity index (χ1) is 7.25. The SMILES string of the molecule is C[C@@H]1C[C@H](NC(=O)c2ccccc2)CN1. The Hall–Kier alpha value is -1.35. The molecule has 1 aliphatic rings. The predicted molar refractivity (Wildman–Crippen MR) is 59.8 cm³/mol. The van der Waals surface area contributed by atoms with E-state index in [2.05, 4.69) is 17.6 Å². The minimum absolute atomic E-state index is 0.0245. The van der Waals surface area contributed by atoms with E-state index in [1.54, 1.807) is 0 Å². The van der Waals surface area contributed by atoms with Crippen LogP contribution in [0.3, 0.4) is 0 Å². The summed E-state index contributed by atoms with van der Waals surface area (Å²) >= 11 is 0. The molecule has 1 aromatic rings. The second kappa shape index (κ2) is 4.45. The summed E-state index contributed by atoms with van der Waals surface area (Å²) in [5.41, 5.74) is 0.733. The number of hydrogen-bond donors (Lipinski definition) is 2. The maximum atomic E-state index is 11.8. The largest absolute Gasteiger partial charge is 0.348 e. The van der Waals surface area contributed by atoms with Gasteiger partial charge in [-0.05, 0) is 25.5 Å².